The van der Waals surface area contributed by atoms with Crippen LogP contribution in [0, 0.1) is 0 Å². The van der Waals surface area contributed by atoms with Crippen molar-refractivity contribution in [2.45, 2.75) is 32.1 Å². The number of carbonyl (C=O) groups is 1. The van der Waals surface area contributed by atoms with E-state index < -0.39 is 15.3 Å². The van der Waals surface area contributed by atoms with Gasteiger partial charge in [-0.2, -0.15) is 0 Å². The summed E-state index contributed by atoms with van der Waals surface area (Å²) >= 11 is 0. The summed E-state index contributed by atoms with van der Waals surface area (Å²) in [6, 6.07) is 7.20. The molecule has 0 aliphatic heterocycles. The largest absolute Gasteiger partial charge is 0.399 e. The molecule has 0 atom stereocenters. The Balaban J connectivity index is 2.71. The van der Waals surface area contributed by atoms with Crippen LogP contribution in [0.5, 0.6) is 0 Å². The van der Waals surface area contributed by atoms with E-state index >= 15 is 0 Å². The molecule has 0 bridgehead atoms. The first kappa shape index (κ1) is 15.7. The van der Waals surface area contributed by atoms with Gasteiger partial charge in [0.25, 0.3) is 0 Å². The van der Waals surface area contributed by atoms with Crippen LogP contribution in [0.1, 0.15) is 32.3 Å². The Labute approximate surface area is 114 Å². The molecule has 1 rings (SSSR count). The van der Waals surface area contributed by atoms with E-state index in [9.17, 15) is 13.2 Å². The van der Waals surface area contributed by atoms with Crippen LogP contribution in [0.3, 0.4) is 0 Å². The lowest BCUT2D eigenvalue weighted by Crippen LogP contribution is -2.29. The van der Waals surface area contributed by atoms with Crippen LogP contribution in [0.25, 0.3) is 0 Å². The van der Waals surface area contributed by atoms with Gasteiger partial charge in [0.15, 0.2) is 0 Å². The highest BCUT2D eigenvalue weighted by atomic mass is 32.2. The number of nitrogen functional groups attached to an aromatic ring is 1. The fraction of sp³-hybridized carbons (Fsp3) is 0.500. The molecule has 0 aliphatic carbocycles. The Morgan fingerprint density at radius 1 is 1.21 bits per heavy atom. The van der Waals surface area contributed by atoms with Gasteiger partial charge in [0, 0.05) is 23.8 Å². The number of rotatable bonds is 6. The van der Waals surface area contributed by atoms with Gasteiger partial charge in [-0.05, 0) is 38.0 Å². The topological polar surface area (TPSA) is 77.2 Å². The summed E-state index contributed by atoms with van der Waals surface area (Å²) in [6.45, 7) is 3.70. The van der Waals surface area contributed by atoms with Crippen LogP contribution < -0.4 is 5.73 Å². The first-order valence-corrected chi connectivity index (χ1v) is 8.26. The molecule has 0 radical (unpaired) electrons. The van der Waals surface area contributed by atoms with Crippen molar-refractivity contribution in [3.63, 3.8) is 0 Å². The number of nitrogens with two attached hydrogens (primary N) is 1. The van der Waals surface area contributed by atoms with E-state index in [2.05, 4.69) is 0 Å². The SMILES string of the molecule is CC(C)(C(=O)CCCS(C)(=O)=O)c1ccc(N)cc1. The number of hydrogen-bond acceptors (Lipinski definition) is 4. The molecule has 2 N–H and O–H groups in total. The summed E-state index contributed by atoms with van der Waals surface area (Å²) in [5.41, 5.74) is 6.55. The minimum Gasteiger partial charge on any atom is -0.399 e. The molecule has 4 nitrogen and oxygen atoms in total. The summed E-state index contributed by atoms with van der Waals surface area (Å²) in [5.74, 6) is 0.0947. The van der Waals surface area contributed by atoms with Gasteiger partial charge < -0.3 is 5.73 Å². The standard InChI is InChI=1S/C14H21NO3S/c1-14(2,11-6-8-12(15)9-7-11)13(16)5-4-10-19(3,17)18/h6-9H,4-5,10,15H2,1-3H3. The van der Waals surface area contributed by atoms with Gasteiger partial charge in [0.2, 0.25) is 0 Å². The van der Waals surface area contributed by atoms with E-state index in [4.69, 9.17) is 5.73 Å². The predicted molar refractivity (Wildman–Crippen MR) is 77.8 cm³/mol. The van der Waals surface area contributed by atoms with E-state index in [0.717, 1.165) is 5.56 Å². The number of carbonyl (C=O) groups excluding carboxylic acids is 1. The lowest BCUT2D eigenvalue weighted by atomic mass is 9.79. The molecule has 1 aromatic rings. The third kappa shape index (κ3) is 4.67. The maximum absolute atomic E-state index is 12.2. The maximum atomic E-state index is 12.2. The van der Waals surface area contributed by atoms with Gasteiger partial charge in [0.1, 0.15) is 15.6 Å². The minimum absolute atomic E-state index is 0.0425. The lowest BCUT2D eigenvalue weighted by Gasteiger charge is -2.23. The molecule has 0 spiro atoms. The van der Waals surface area contributed by atoms with Gasteiger partial charge in [-0.25, -0.2) is 8.42 Å². The molecule has 0 unspecified atom stereocenters. The molecule has 5 heteroatoms. The fourth-order valence-electron chi connectivity index (χ4n) is 1.87. The summed E-state index contributed by atoms with van der Waals surface area (Å²) in [5, 5.41) is 0. The van der Waals surface area contributed by atoms with Crippen molar-refractivity contribution >= 4 is 21.3 Å². The molecule has 0 fully saturated rings. The second-order valence-corrected chi connectivity index (χ2v) is 7.66. The summed E-state index contributed by atoms with van der Waals surface area (Å²) < 4.78 is 22.1. The molecule has 0 saturated carbocycles. The first-order valence-electron chi connectivity index (χ1n) is 6.20. The summed E-state index contributed by atoms with van der Waals surface area (Å²) in [7, 11) is -3.00. The zero-order chi connectivity index (χ0) is 14.7. The second kappa shape index (κ2) is 5.74. The van der Waals surface area contributed by atoms with Crippen molar-refractivity contribution in [2.75, 3.05) is 17.7 Å². The minimum atomic E-state index is -3.00. The van der Waals surface area contributed by atoms with Crippen molar-refractivity contribution in [3.8, 4) is 0 Å². The van der Waals surface area contributed by atoms with E-state index in [-0.39, 0.29) is 18.0 Å². The number of anilines is 1. The van der Waals surface area contributed by atoms with Gasteiger partial charge in [-0.3, -0.25) is 4.79 Å². The van der Waals surface area contributed by atoms with E-state index in [1.165, 1.54) is 6.26 Å². The molecule has 0 aliphatic rings. The highest BCUT2D eigenvalue weighted by molar-refractivity contribution is 7.90. The highest BCUT2D eigenvalue weighted by Gasteiger charge is 2.28. The van der Waals surface area contributed by atoms with Crippen LogP contribution in [-0.4, -0.2) is 26.2 Å². The molecule has 0 saturated heterocycles. The van der Waals surface area contributed by atoms with Gasteiger partial charge in [0.05, 0.1) is 5.75 Å². The summed E-state index contributed by atoms with van der Waals surface area (Å²) in [4.78, 5) is 12.2. The molecule has 1 aromatic carbocycles. The molecule has 19 heavy (non-hydrogen) atoms. The average Bonchev–Trinajstić information content (AvgIpc) is 2.27. The lowest BCUT2D eigenvalue weighted by molar-refractivity contribution is -0.123. The zero-order valence-electron chi connectivity index (χ0n) is 11.6. The van der Waals surface area contributed by atoms with Crippen molar-refractivity contribution in [1.82, 2.24) is 0 Å². The Hall–Kier alpha value is -1.36. The fourth-order valence-corrected chi connectivity index (χ4v) is 2.54. The van der Waals surface area contributed by atoms with Crippen LogP contribution in [0.2, 0.25) is 0 Å². The third-order valence-electron chi connectivity index (χ3n) is 3.25. The molecular formula is C14H21NO3S. The van der Waals surface area contributed by atoms with E-state index in [1.807, 2.05) is 26.0 Å². The number of benzene rings is 1. The Morgan fingerprint density at radius 3 is 2.21 bits per heavy atom. The van der Waals surface area contributed by atoms with Crippen molar-refractivity contribution in [3.05, 3.63) is 29.8 Å². The van der Waals surface area contributed by atoms with Crippen LogP contribution in [0.4, 0.5) is 5.69 Å². The number of sulfone groups is 1. The maximum Gasteiger partial charge on any atom is 0.147 e. The van der Waals surface area contributed by atoms with Gasteiger partial charge >= 0.3 is 0 Å². The normalized spacial score (nSPS) is 12.4. The molecule has 0 amide bonds. The predicted octanol–water partition coefficient (Wildman–Crippen LogP) is 1.94. The smallest absolute Gasteiger partial charge is 0.147 e. The number of ketones is 1. The Morgan fingerprint density at radius 2 is 1.74 bits per heavy atom. The first-order chi connectivity index (χ1) is 8.63. The molecule has 106 valence electrons. The summed E-state index contributed by atoms with van der Waals surface area (Å²) in [6.07, 6.45) is 1.82. The van der Waals surface area contributed by atoms with Crippen LogP contribution >= 0.6 is 0 Å². The van der Waals surface area contributed by atoms with E-state index in [1.54, 1.807) is 12.1 Å². The van der Waals surface area contributed by atoms with E-state index in [0.29, 0.717) is 12.1 Å². The average molecular weight is 283 g/mol. The second-order valence-electron chi connectivity index (χ2n) is 5.40. The van der Waals surface area contributed by atoms with Crippen LogP contribution in [-0.2, 0) is 20.0 Å². The van der Waals surface area contributed by atoms with Gasteiger partial charge in [-0.1, -0.05) is 12.1 Å². The highest BCUT2D eigenvalue weighted by Crippen LogP contribution is 2.26. The monoisotopic (exact) mass is 283 g/mol. The zero-order valence-corrected chi connectivity index (χ0v) is 12.5. The van der Waals surface area contributed by atoms with Crippen molar-refractivity contribution in [1.29, 1.82) is 0 Å². The third-order valence-corrected chi connectivity index (χ3v) is 4.28. The van der Waals surface area contributed by atoms with Crippen molar-refractivity contribution < 1.29 is 13.2 Å². The molecular weight excluding hydrogens is 262 g/mol. The van der Waals surface area contributed by atoms with Crippen LogP contribution in [0.15, 0.2) is 24.3 Å². The van der Waals surface area contributed by atoms with Gasteiger partial charge in [-0.15, -0.1) is 0 Å². The molecule has 0 aromatic heterocycles. The Bertz CT molecular complexity index is 545. The molecule has 0 heterocycles. The quantitative estimate of drug-likeness (QED) is 0.809. The number of Topliss-reactive ketones (excluding diaryl/α,β-unsaturated/α-hetero) is 1. The Kier molecular flexibility index (Phi) is 4.74. The van der Waals surface area contributed by atoms with Crippen molar-refractivity contribution in [2.24, 2.45) is 0 Å². The number of hydrogen-bond donors (Lipinski definition) is 1.